The lowest BCUT2D eigenvalue weighted by molar-refractivity contribution is -0.118. The number of rotatable bonds is 6. The molecule has 0 bridgehead atoms. The highest BCUT2D eigenvalue weighted by molar-refractivity contribution is 5.91. The number of benzene rings is 3. The Balaban J connectivity index is 1.36. The molecule has 0 aliphatic rings. The Labute approximate surface area is 163 Å². The Hall–Kier alpha value is -3.60. The second-order valence-electron chi connectivity index (χ2n) is 6.66. The molecule has 0 fully saturated rings. The molecule has 0 spiro atoms. The van der Waals surface area contributed by atoms with Gasteiger partial charge in [-0.1, -0.05) is 60.7 Å². The van der Waals surface area contributed by atoms with Gasteiger partial charge >= 0.3 is 0 Å². The number of carbonyl (C=O) groups excluding carboxylic acids is 1. The SMILES string of the molecule is Cc1cc(NC(=O)COc2ccc3ccccc3c2)nn1Cc1ccccc1. The molecule has 1 heterocycles. The third kappa shape index (κ3) is 4.20. The summed E-state index contributed by atoms with van der Waals surface area (Å²) in [5.41, 5.74) is 2.14. The monoisotopic (exact) mass is 371 g/mol. The molecular formula is C23H21N3O2. The summed E-state index contributed by atoms with van der Waals surface area (Å²) in [5.74, 6) is 0.956. The van der Waals surface area contributed by atoms with Gasteiger partial charge in [-0.05, 0) is 35.4 Å². The fourth-order valence-corrected chi connectivity index (χ4v) is 3.07. The van der Waals surface area contributed by atoms with Crippen LogP contribution in [0.25, 0.3) is 10.8 Å². The zero-order valence-electron chi connectivity index (χ0n) is 15.6. The van der Waals surface area contributed by atoms with E-state index in [1.165, 1.54) is 0 Å². The Morgan fingerprint density at radius 1 is 0.964 bits per heavy atom. The van der Waals surface area contributed by atoms with E-state index in [0.717, 1.165) is 22.0 Å². The standard InChI is InChI=1S/C23H21N3O2/c1-17-13-22(25-26(17)15-18-7-3-2-4-8-18)24-23(27)16-28-21-12-11-19-9-5-6-10-20(19)14-21/h2-14H,15-16H2,1H3,(H,24,25,27). The summed E-state index contributed by atoms with van der Waals surface area (Å²) in [7, 11) is 0. The zero-order chi connectivity index (χ0) is 19.3. The number of fused-ring (bicyclic) bond motifs is 1. The predicted octanol–water partition coefficient (Wildman–Crippen LogP) is 4.41. The van der Waals surface area contributed by atoms with E-state index in [9.17, 15) is 4.79 Å². The molecule has 0 aliphatic carbocycles. The van der Waals surface area contributed by atoms with Gasteiger partial charge in [0.2, 0.25) is 0 Å². The lowest BCUT2D eigenvalue weighted by Gasteiger charge is -2.07. The highest BCUT2D eigenvalue weighted by Gasteiger charge is 2.09. The molecule has 5 nitrogen and oxygen atoms in total. The van der Waals surface area contributed by atoms with Gasteiger partial charge in [-0.2, -0.15) is 5.10 Å². The van der Waals surface area contributed by atoms with Crippen LogP contribution in [0.15, 0.2) is 78.9 Å². The Kier molecular flexibility index (Phi) is 5.06. The zero-order valence-corrected chi connectivity index (χ0v) is 15.6. The molecule has 1 amide bonds. The van der Waals surface area contributed by atoms with Gasteiger partial charge < -0.3 is 10.1 Å². The number of carbonyl (C=O) groups is 1. The van der Waals surface area contributed by atoms with Crippen molar-refractivity contribution >= 4 is 22.5 Å². The molecule has 3 aromatic carbocycles. The minimum atomic E-state index is -0.238. The largest absolute Gasteiger partial charge is 0.484 e. The molecule has 1 N–H and O–H groups in total. The van der Waals surface area contributed by atoms with Gasteiger partial charge in [0.25, 0.3) is 5.91 Å². The maximum absolute atomic E-state index is 12.2. The molecule has 28 heavy (non-hydrogen) atoms. The van der Waals surface area contributed by atoms with Crippen molar-refractivity contribution in [1.29, 1.82) is 0 Å². The lowest BCUT2D eigenvalue weighted by atomic mass is 10.1. The van der Waals surface area contributed by atoms with E-state index in [1.807, 2.05) is 78.3 Å². The summed E-state index contributed by atoms with van der Waals surface area (Å²) >= 11 is 0. The van der Waals surface area contributed by atoms with Crippen molar-refractivity contribution in [2.45, 2.75) is 13.5 Å². The van der Waals surface area contributed by atoms with Crippen LogP contribution in [0.5, 0.6) is 5.75 Å². The summed E-state index contributed by atoms with van der Waals surface area (Å²) in [4.78, 5) is 12.2. The molecule has 0 aliphatic heterocycles. The molecule has 0 saturated carbocycles. The second kappa shape index (κ2) is 7.96. The van der Waals surface area contributed by atoms with Crippen LogP contribution >= 0.6 is 0 Å². The van der Waals surface area contributed by atoms with E-state index in [0.29, 0.717) is 18.1 Å². The molecule has 1 aromatic heterocycles. The van der Waals surface area contributed by atoms with Gasteiger partial charge in [-0.3, -0.25) is 9.48 Å². The second-order valence-corrected chi connectivity index (χ2v) is 6.66. The average molecular weight is 371 g/mol. The van der Waals surface area contributed by atoms with Crippen LogP contribution in [0, 0.1) is 6.92 Å². The van der Waals surface area contributed by atoms with Crippen LogP contribution in [0.4, 0.5) is 5.82 Å². The van der Waals surface area contributed by atoms with E-state index >= 15 is 0 Å². The number of amides is 1. The van der Waals surface area contributed by atoms with Crippen LogP contribution in [0.1, 0.15) is 11.3 Å². The first-order valence-corrected chi connectivity index (χ1v) is 9.17. The van der Waals surface area contributed by atoms with Crippen molar-refractivity contribution in [2.75, 3.05) is 11.9 Å². The van der Waals surface area contributed by atoms with Crippen LogP contribution in [-0.4, -0.2) is 22.3 Å². The minimum Gasteiger partial charge on any atom is -0.484 e. The van der Waals surface area contributed by atoms with Gasteiger partial charge in [0, 0.05) is 11.8 Å². The third-order valence-electron chi connectivity index (χ3n) is 4.51. The number of nitrogens with zero attached hydrogens (tertiary/aromatic N) is 2. The van der Waals surface area contributed by atoms with Crippen molar-refractivity contribution in [3.63, 3.8) is 0 Å². The molecule has 0 unspecified atom stereocenters. The highest BCUT2D eigenvalue weighted by atomic mass is 16.5. The van der Waals surface area contributed by atoms with Crippen molar-refractivity contribution in [1.82, 2.24) is 9.78 Å². The van der Waals surface area contributed by atoms with Crippen molar-refractivity contribution in [3.05, 3.63) is 90.1 Å². The fourth-order valence-electron chi connectivity index (χ4n) is 3.07. The summed E-state index contributed by atoms with van der Waals surface area (Å²) in [6, 6.07) is 25.8. The average Bonchev–Trinajstić information content (AvgIpc) is 3.05. The highest BCUT2D eigenvalue weighted by Crippen LogP contribution is 2.20. The topological polar surface area (TPSA) is 56.1 Å². The van der Waals surface area contributed by atoms with Crippen LogP contribution in [0.2, 0.25) is 0 Å². The Morgan fingerprint density at radius 2 is 1.71 bits per heavy atom. The number of anilines is 1. The van der Waals surface area contributed by atoms with Crippen molar-refractivity contribution in [2.24, 2.45) is 0 Å². The number of hydrogen-bond donors (Lipinski definition) is 1. The molecule has 140 valence electrons. The molecule has 4 rings (SSSR count). The van der Waals surface area contributed by atoms with Gasteiger partial charge in [0.05, 0.1) is 6.54 Å². The van der Waals surface area contributed by atoms with Crippen LogP contribution in [-0.2, 0) is 11.3 Å². The van der Waals surface area contributed by atoms with E-state index < -0.39 is 0 Å². The van der Waals surface area contributed by atoms with Gasteiger partial charge in [-0.25, -0.2) is 0 Å². The number of hydrogen-bond acceptors (Lipinski definition) is 3. The van der Waals surface area contributed by atoms with Gasteiger partial charge in [-0.15, -0.1) is 0 Å². The van der Waals surface area contributed by atoms with E-state index in [1.54, 1.807) is 0 Å². The summed E-state index contributed by atoms with van der Waals surface area (Å²) in [5, 5.41) is 9.49. The van der Waals surface area contributed by atoms with E-state index in [4.69, 9.17) is 4.74 Å². The fraction of sp³-hybridized carbons (Fsp3) is 0.130. The molecule has 4 aromatic rings. The molecule has 5 heteroatoms. The number of aryl methyl sites for hydroxylation is 1. The maximum Gasteiger partial charge on any atom is 0.263 e. The predicted molar refractivity (Wildman–Crippen MR) is 111 cm³/mol. The van der Waals surface area contributed by atoms with Crippen molar-refractivity contribution < 1.29 is 9.53 Å². The minimum absolute atomic E-state index is 0.0665. The number of nitrogens with one attached hydrogen (secondary N) is 1. The first kappa shape index (κ1) is 17.8. The maximum atomic E-state index is 12.2. The van der Waals surface area contributed by atoms with E-state index in [2.05, 4.69) is 22.5 Å². The summed E-state index contributed by atoms with van der Waals surface area (Å²) in [6.45, 7) is 2.57. The van der Waals surface area contributed by atoms with Gasteiger partial charge in [0.15, 0.2) is 12.4 Å². The van der Waals surface area contributed by atoms with Crippen LogP contribution < -0.4 is 10.1 Å². The molecule has 0 radical (unpaired) electrons. The Bertz CT molecular complexity index is 1100. The number of ether oxygens (including phenoxy) is 1. The quantitative estimate of drug-likeness (QED) is 0.546. The summed E-state index contributed by atoms with van der Waals surface area (Å²) in [6.07, 6.45) is 0. The van der Waals surface area contributed by atoms with Gasteiger partial charge in [0.1, 0.15) is 5.75 Å². The first-order valence-electron chi connectivity index (χ1n) is 9.17. The molecule has 0 saturated heterocycles. The normalized spacial score (nSPS) is 10.8. The summed E-state index contributed by atoms with van der Waals surface area (Å²) < 4.78 is 7.50. The smallest absolute Gasteiger partial charge is 0.263 e. The van der Waals surface area contributed by atoms with Crippen molar-refractivity contribution in [3.8, 4) is 5.75 Å². The van der Waals surface area contributed by atoms with E-state index in [-0.39, 0.29) is 12.5 Å². The Morgan fingerprint density at radius 3 is 2.54 bits per heavy atom. The lowest BCUT2D eigenvalue weighted by Crippen LogP contribution is -2.20. The first-order chi connectivity index (χ1) is 13.7. The molecule has 0 atom stereocenters. The third-order valence-corrected chi connectivity index (χ3v) is 4.51. The number of aromatic nitrogens is 2. The van der Waals surface area contributed by atoms with Crippen LogP contribution in [0.3, 0.4) is 0 Å². The molecular weight excluding hydrogens is 350 g/mol.